The molecule has 2 aliphatic rings. The average Bonchev–Trinajstić information content (AvgIpc) is 3.41. The maximum absolute atomic E-state index is 12.9. The molecule has 2 atom stereocenters. The van der Waals surface area contributed by atoms with Gasteiger partial charge in [0, 0.05) is 5.56 Å². The second kappa shape index (κ2) is 6.62. The van der Waals surface area contributed by atoms with Crippen molar-refractivity contribution in [1.29, 1.82) is 0 Å². The number of aryl methyl sites for hydroxylation is 1. The molecule has 9 heteroatoms. The van der Waals surface area contributed by atoms with E-state index >= 15 is 0 Å². The molecule has 9 nitrogen and oxygen atoms in total. The van der Waals surface area contributed by atoms with Gasteiger partial charge in [0.2, 0.25) is 11.7 Å². The molecule has 0 radical (unpaired) electrons. The van der Waals surface area contributed by atoms with Gasteiger partial charge in [0.1, 0.15) is 6.54 Å². The summed E-state index contributed by atoms with van der Waals surface area (Å²) in [4.78, 5) is 31.2. The molecule has 2 aliphatic heterocycles. The Morgan fingerprint density at radius 2 is 1.86 bits per heavy atom. The van der Waals surface area contributed by atoms with Gasteiger partial charge in [-0.15, -0.1) is 0 Å². The molecule has 0 bridgehead atoms. The van der Waals surface area contributed by atoms with E-state index in [2.05, 4.69) is 20.5 Å². The summed E-state index contributed by atoms with van der Waals surface area (Å²) in [6, 6.07) is 14.9. The van der Waals surface area contributed by atoms with Gasteiger partial charge in [0.15, 0.2) is 12.1 Å². The molecule has 0 aliphatic carbocycles. The summed E-state index contributed by atoms with van der Waals surface area (Å²) in [5, 5.41) is 13.4. The summed E-state index contributed by atoms with van der Waals surface area (Å²) in [6.45, 7) is 2.07. The molecule has 3 aromatic rings. The minimum absolute atomic E-state index is 0.0884. The molecule has 144 valence electrons. The lowest BCUT2D eigenvalue weighted by Gasteiger charge is -2.19. The first kappa shape index (κ1) is 17.2. The first-order chi connectivity index (χ1) is 14.1. The van der Waals surface area contributed by atoms with Crippen LogP contribution >= 0.6 is 0 Å². The van der Waals surface area contributed by atoms with E-state index in [1.54, 1.807) is 24.3 Å². The van der Waals surface area contributed by atoms with E-state index in [0.717, 1.165) is 16.0 Å². The molecule has 0 N–H and O–H groups in total. The summed E-state index contributed by atoms with van der Waals surface area (Å²) in [7, 11) is 0. The molecule has 0 spiro atoms. The van der Waals surface area contributed by atoms with Crippen LogP contribution in [0.3, 0.4) is 0 Å². The van der Waals surface area contributed by atoms with Crippen LogP contribution in [0.25, 0.3) is 11.4 Å². The van der Waals surface area contributed by atoms with Crippen molar-refractivity contribution in [3.8, 4) is 11.4 Å². The van der Waals surface area contributed by atoms with Crippen LogP contribution in [0, 0.1) is 6.92 Å². The fourth-order valence-corrected chi connectivity index (χ4v) is 3.54. The van der Waals surface area contributed by atoms with E-state index in [1.165, 1.54) is 5.01 Å². The number of rotatable bonds is 4. The van der Waals surface area contributed by atoms with E-state index in [-0.39, 0.29) is 18.4 Å². The molecule has 29 heavy (non-hydrogen) atoms. The molecular formula is C20H16N6O3. The maximum atomic E-state index is 12.9. The van der Waals surface area contributed by atoms with Gasteiger partial charge in [-0.1, -0.05) is 52.3 Å². The highest BCUT2D eigenvalue weighted by molar-refractivity contribution is 6.25. The fourth-order valence-electron chi connectivity index (χ4n) is 3.54. The highest BCUT2D eigenvalue weighted by Crippen LogP contribution is 2.32. The molecule has 1 fully saturated rings. The van der Waals surface area contributed by atoms with Gasteiger partial charge in [-0.25, -0.2) is 4.90 Å². The summed E-state index contributed by atoms with van der Waals surface area (Å²) in [6.07, 6.45) is 0. The number of anilines is 1. The Hall–Kier alpha value is -3.88. The van der Waals surface area contributed by atoms with E-state index in [4.69, 9.17) is 4.52 Å². The van der Waals surface area contributed by atoms with Crippen LogP contribution in [0.2, 0.25) is 0 Å². The van der Waals surface area contributed by atoms with Crippen molar-refractivity contribution in [2.75, 3.05) is 4.90 Å². The van der Waals surface area contributed by atoms with E-state index in [9.17, 15) is 9.59 Å². The molecule has 5 rings (SSSR count). The molecular weight excluding hydrogens is 372 g/mol. The molecule has 2 unspecified atom stereocenters. The lowest BCUT2D eigenvalue weighted by molar-refractivity contribution is -0.123. The third kappa shape index (κ3) is 2.87. The lowest BCUT2D eigenvalue weighted by atomic mass is 10.1. The highest BCUT2D eigenvalue weighted by atomic mass is 16.5. The van der Waals surface area contributed by atoms with Crippen molar-refractivity contribution >= 4 is 17.5 Å². The lowest BCUT2D eigenvalue weighted by Crippen LogP contribution is -2.39. The smallest absolute Gasteiger partial charge is 0.263 e. The normalized spacial score (nSPS) is 20.6. The van der Waals surface area contributed by atoms with Crippen LogP contribution in [-0.2, 0) is 16.1 Å². The van der Waals surface area contributed by atoms with Crippen LogP contribution in [0.15, 0.2) is 69.5 Å². The zero-order valence-corrected chi connectivity index (χ0v) is 15.5. The van der Waals surface area contributed by atoms with Crippen molar-refractivity contribution in [2.45, 2.75) is 25.6 Å². The largest absolute Gasteiger partial charge is 0.337 e. The Morgan fingerprint density at radius 1 is 1.03 bits per heavy atom. The summed E-state index contributed by atoms with van der Waals surface area (Å²) >= 11 is 0. The quantitative estimate of drug-likeness (QED) is 0.636. The number of amides is 2. The highest BCUT2D eigenvalue weighted by Gasteiger charge is 2.55. The van der Waals surface area contributed by atoms with E-state index < -0.39 is 12.1 Å². The third-order valence-electron chi connectivity index (χ3n) is 4.91. The van der Waals surface area contributed by atoms with E-state index in [1.807, 2.05) is 37.3 Å². The minimum atomic E-state index is -0.859. The molecule has 1 aromatic heterocycles. The molecule has 3 heterocycles. The second-order valence-electron chi connectivity index (χ2n) is 6.92. The number of fused-ring (bicyclic) bond motifs is 1. The molecule has 1 saturated heterocycles. The van der Waals surface area contributed by atoms with Crippen molar-refractivity contribution in [1.82, 2.24) is 15.1 Å². The Morgan fingerprint density at radius 3 is 2.66 bits per heavy atom. The van der Waals surface area contributed by atoms with Gasteiger partial charge in [-0.3, -0.25) is 14.6 Å². The van der Waals surface area contributed by atoms with Gasteiger partial charge in [0.05, 0.1) is 5.69 Å². The first-order valence-electron chi connectivity index (χ1n) is 9.12. The number of para-hydroxylation sites is 1. The SMILES string of the molecule is Cc1cccc(-c2noc(CN3N=NC4C(=O)N(c5ccccc5)C(=O)C43)n2)c1. The van der Waals surface area contributed by atoms with Gasteiger partial charge in [-0.2, -0.15) is 10.1 Å². The van der Waals surface area contributed by atoms with Crippen LogP contribution in [0.5, 0.6) is 0 Å². The topological polar surface area (TPSA) is 104 Å². The van der Waals surface area contributed by atoms with Crippen LogP contribution in [0.1, 0.15) is 11.5 Å². The van der Waals surface area contributed by atoms with Crippen molar-refractivity contribution in [3.63, 3.8) is 0 Å². The predicted molar refractivity (Wildman–Crippen MR) is 101 cm³/mol. The minimum Gasteiger partial charge on any atom is -0.337 e. The number of hydrogen-bond donors (Lipinski definition) is 0. The first-order valence-corrected chi connectivity index (χ1v) is 9.12. The number of carbonyl (C=O) groups is 2. The number of hydrogen-bond acceptors (Lipinski definition) is 8. The average molecular weight is 388 g/mol. The summed E-state index contributed by atoms with van der Waals surface area (Å²) < 4.78 is 5.33. The summed E-state index contributed by atoms with van der Waals surface area (Å²) in [5.74, 6) is -0.00584. The summed E-state index contributed by atoms with van der Waals surface area (Å²) in [5.41, 5.74) is 2.44. The molecule has 0 saturated carbocycles. The number of carbonyl (C=O) groups excluding carboxylic acids is 2. The zero-order chi connectivity index (χ0) is 20.0. The number of nitrogens with zero attached hydrogens (tertiary/aromatic N) is 6. The Bertz CT molecular complexity index is 1130. The Balaban J connectivity index is 1.37. The Labute approximate surface area is 165 Å². The van der Waals surface area contributed by atoms with E-state index in [0.29, 0.717) is 17.4 Å². The Kier molecular flexibility index (Phi) is 3.94. The standard InChI is InChI=1S/C20H16N6O3/c1-12-6-5-7-13(10-12)18-21-15(29-23-18)11-25-17-16(22-24-25)19(27)26(20(17)28)14-8-3-2-4-9-14/h2-10,16-17H,11H2,1H3. The van der Waals surface area contributed by atoms with Gasteiger partial charge >= 0.3 is 0 Å². The number of benzene rings is 2. The van der Waals surface area contributed by atoms with Crippen LogP contribution < -0.4 is 4.90 Å². The number of aromatic nitrogens is 2. The van der Waals surface area contributed by atoms with Gasteiger partial charge in [-0.05, 0) is 25.1 Å². The number of imide groups is 1. The monoisotopic (exact) mass is 388 g/mol. The molecule has 2 aromatic carbocycles. The molecule has 2 amide bonds. The van der Waals surface area contributed by atoms with Crippen LogP contribution in [0.4, 0.5) is 5.69 Å². The third-order valence-corrected chi connectivity index (χ3v) is 4.91. The van der Waals surface area contributed by atoms with Crippen molar-refractivity contribution in [2.24, 2.45) is 10.3 Å². The second-order valence-corrected chi connectivity index (χ2v) is 6.92. The van der Waals surface area contributed by atoms with Gasteiger partial charge < -0.3 is 4.52 Å². The zero-order valence-electron chi connectivity index (χ0n) is 15.5. The predicted octanol–water partition coefficient (Wildman–Crippen LogP) is 2.54. The van der Waals surface area contributed by atoms with Crippen molar-refractivity contribution < 1.29 is 14.1 Å². The van der Waals surface area contributed by atoms with Crippen molar-refractivity contribution in [3.05, 3.63) is 66.1 Å². The fraction of sp³-hybridized carbons (Fsp3) is 0.200. The van der Waals surface area contributed by atoms with Crippen LogP contribution in [-0.4, -0.2) is 39.0 Å². The van der Waals surface area contributed by atoms with Gasteiger partial charge in [0.25, 0.3) is 11.8 Å². The maximum Gasteiger partial charge on any atom is 0.263 e.